The van der Waals surface area contributed by atoms with E-state index in [0.717, 1.165) is 11.3 Å². The summed E-state index contributed by atoms with van der Waals surface area (Å²) in [6, 6.07) is 13.1. The maximum Gasteiger partial charge on any atom is 0.294 e. The lowest BCUT2D eigenvalue weighted by atomic mass is 10.2. The Hall–Kier alpha value is -2.25. The Bertz CT molecular complexity index is 725. The molecule has 2 rings (SSSR count). The Balaban J connectivity index is 2.05. The van der Waals surface area contributed by atoms with E-state index in [4.69, 9.17) is 4.55 Å². The van der Waals surface area contributed by atoms with Gasteiger partial charge < -0.3 is 0 Å². The number of rotatable bonds is 4. The summed E-state index contributed by atoms with van der Waals surface area (Å²) in [6.07, 6.45) is 0. The van der Waals surface area contributed by atoms with Gasteiger partial charge in [0.25, 0.3) is 10.1 Å². The molecule has 2 aromatic carbocycles. The van der Waals surface area contributed by atoms with Gasteiger partial charge in [0.05, 0.1) is 16.3 Å². The molecule has 0 radical (unpaired) electrons. The van der Waals surface area contributed by atoms with E-state index in [1.165, 1.54) is 24.3 Å². The minimum atomic E-state index is -4.18. The fourth-order valence-corrected chi connectivity index (χ4v) is 2.02. The first-order chi connectivity index (χ1) is 9.45. The van der Waals surface area contributed by atoms with Crippen LogP contribution in [0.25, 0.3) is 0 Å². The predicted octanol–water partition coefficient (Wildman–Crippen LogP) is 3.35. The lowest BCUT2D eigenvalue weighted by Gasteiger charge is -2.00. The highest BCUT2D eigenvalue weighted by Crippen LogP contribution is 2.17. The van der Waals surface area contributed by atoms with Gasteiger partial charge in [-0.25, -0.2) is 0 Å². The van der Waals surface area contributed by atoms with Gasteiger partial charge in [0.1, 0.15) is 0 Å². The first-order valence-corrected chi connectivity index (χ1v) is 7.20. The molecule has 7 heteroatoms. The second-order valence-electron chi connectivity index (χ2n) is 4.15. The topological polar surface area (TPSA) is 91.1 Å². The van der Waals surface area contributed by atoms with E-state index >= 15 is 0 Å². The van der Waals surface area contributed by atoms with E-state index in [1.54, 1.807) is 0 Å². The quantitative estimate of drug-likeness (QED) is 0.513. The van der Waals surface area contributed by atoms with Crippen LogP contribution in [-0.4, -0.2) is 13.0 Å². The van der Waals surface area contributed by atoms with Crippen LogP contribution in [-0.2, 0) is 10.1 Å². The van der Waals surface area contributed by atoms with E-state index in [1.807, 2.05) is 31.2 Å². The molecule has 0 fully saturated rings. The molecule has 0 aromatic heterocycles. The zero-order valence-corrected chi connectivity index (χ0v) is 11.5. The van der Waals surface area contributed by atoms with Crippen LogP contribution in [0.2, 0.25) is 0 Å². The van der Waals surface area contributed by atoms with Gasteiger partial charge >= 0.3 is 0 Å². The van der Waals surface area contributed by atoms with E-state index in [-0.39, 0.29) is 4.90 Å². The maximum absolute atomic E-state index is 10.9. The van der Waals surface area contributed by atoms with Gasteiger partial charge in [0.15, 0.2) is 0 Å². The molecule has 0 amide bonds. The molecule has 0 atom stereocenters. The molecule has 2 N–H and O–H groups in total. The second kappa shape index (κ2) is 5.81. The second-order valence-corrected chi connectivity index (χ2v) is 5.57. The lowest BCUT2D eigenvalue weighted by Crippen LogP contribution is -1.96. The summed E-state index contributed by atoms with van der Waals surface area (Å²) >= 11 is 0. The van der Waals surface area contributed by atoms with Crippen LogP contribution in [0.15, 0.2) is 63.8 Å². The zero-order valence-electron chi connectivity index (χ0n) is 10.7. The van der Waals surface area contributed by atoms with Gasteiger partial charge in [-0.05, 0) is 48.9 Å². The van der Waals surface area contributed by atoms with E-state index in [0.29, 0.717) is 5.69 Å². The van der Waals surface area contributed by atoms with Gasteiger partial charge in [-0.2, -0.15) is 8.42 Å². The molecule has 2 aromatic rings. The van der Waals surface area contributed by atoms with E-state index in [2.05, 4.69) is 15.8 Å². The number of nitrogens with one attached hydrogen (secondary N) is 1. The van der Waals surface area contributed by atoms with Crippen molar-refractivity contribution in [1.82, 2.24) is 0 Å². The highest BCUT2D eigenvalue weighted by Gasteiger charge is 2.07. The first-order valence-electron chi connectivity index (χ1n) is 5.76. The predicted molar refractivity (Wildman–Crippen MR) is 75.6 cm³/mol. The minimum absolute atomic E-state index is 0.178. The molecule has 0 saturated heterocycles. The van der Waals surface area contributed by atoms with Crippen molar-refractivity contribution in [1.29, 1.82) is 0 Å². The average molecular weight is 291 g/mol. The Morgan fingerprint density at radius 3 is 2.40 bits per heavy atom. The van der Waals surface area contributed by atoms with Gasteiger partial charge in [-0.15, -0.1) is 5.11 Å². The Morgan fingerprint density at radius 2 is 1.80 bits per heavy atom. The molecule has 0 aliphatic rings. The van der Waals surface area contributed by atoms with Crippen LogP contribution < -0.4 is 5.43 Å². The molecule has 0 unspecified atom stereocenters. The van der Waals surface area contributed by atoms with Crippen molar-refractivity contribution in [2.45, 2.75) is 11.8 Å². The molecule has 0 saturated carbocycles. The number of nitrogens with zero attached hydrogens (tertiary/aromatic N) is 2. The summed E-state index contributed by atoms with van der Waals surface area (Å²) in [5.41, 5.74) is 5.15. The smallest absolute Gasteiger partial charge is 0.282 e. The van der Waals surface area contributed by atoms with Crippen LogP contribution in [0, 0.1) is 6.92 Å². The van der Waals surface area contributed by atoms with Crippen molar-refractivity contribution in [3.63, 3.8) is 0 Å². The molecule has 104 valence electrons. The van der Waals surface area contributed by atoms with E-state index < -0.39 is 10.1 Å². The number of hydrogen-bond acceptors (Lipinski definition) is 4. The van der Waals surface area contributed by atoms with Crippen molar-refractivity contribution in [3.8, 4) is 0 Å². The molecule has 0 heterocycles. The Labute approximate surface area is 116 Å². The fourth-order valence-electron chi connectivity index (χ4n) is 1.54. The molecular formula is C13H13N3O3S. The molecule has 0 bridgehead atoms. The Kier molecular flexibility index (Phi) is 4.11. The molecule has 0 aliphatic carbocycles. The highest BCUT2D eigenvalue weighted by atomic mass is 32.2. The number of benzene rings is 2. The highest BCUT2D eigenvalue weighted by molar-refractivity contribution is 7.85. The number of aryl methyl sites for hydroxylation is 1. The lowest BCUT2D eigenvalue weighted by molar-refractivity contribution is 0.483. The molecule has 20 heavy (non-hydrogen) atoms. The van der Waals surface area contributed by atoms with Gasteiger partial charge in [0, 0.05) is 0 Å². The molecule has 0 aliphatic heterocycles. The minimum Gasteiger partial charge on any atom is -0.282 e. The SMILES string of the molecule is Cc1cccc(NN=Nc2ccc(S(=O)(=O)O)cc2)c1. The average Bonchev–Trinajstić information content (AvgIpc) is 2.38. The summed E-state index contributed by atoms with van der Waals surface area (Å²) in [4.78, 5) is -0.178. The van der Waals surface area contributed by atoms with Crippen molar-refractivity contribution < 1.29 is 13.0 Å². The van der Waals surface area contributed by atoms with Crippen molar-refractivity contribution in [2.24, 2.45) is 10.3 Å². The van der Waals surface area contributed by atoms with E-state index in [9.17, 15) is 8.42 Å². The summed E-state index contributed by atoms with van der Waals surface area (Å²) in [7, 11) is -4.18. The molecule has 6 nitrogen and oxygen atoms in total. The standard InChI is InChI=1S/C13H13N3O3S/c1-10-3-2-4-12(9-10)15-16-14-11-5-7-13(8-6-11)20(17,18)19/h2-9H,1H3,(H,14,15)(H,17,18,19). The summed E-state index contributed by atoms with van der Waals surface area (Å²) in [6.45, 7) is 1.97. The third kappa shape index (κ3) is 3.87. The number of hydrogen-bond donors (Lipinski definition) is 2. The van der Waals surface area contributed by atoms with Gasteiger partial charge in [-0.3, -0.25) is 9.98 Å². The van der Waals surface area contributed by atoms with Crippen molar-refractivity contribution in [3.05, 3.63) is 54.1 Å². The maximum atomic E-state index is 10.9. The van der Waals surface area contributed by atoms with Crippen molar-refractivity contribution in [2.75, 3.05) is 5.43 Å². The summed E-state index contributed by atoms with van der Waals surface area (Å²) in [5, 5.41) is 7.70. The van der Waals surface area contributed by atoms with Crippen LogP contribution in [0.3, 0.4) is 0 Å². The van der Waals surface area contributed by atoms with Crippen molar-refractivity contribution >= 4 is 21.5 Å². The van der Waals surface area contributed by atoms with Gasteiger partial charge in [0.2, 0.25) is 0 Å². The van der Waals surface area contributed by atoms with Crippen LogP contribution in [0.1, 0.15) is 5.56 Å². The largest absolute Gasteiger partial charge is 0.294 e. The first kappa shape index (κ1) is 14.2. The molecular weight excluding hydrogens is 278 g/mol. The third-order valence-corrected chi connectivity index (χ3v) is 3.37. The third-order valence-electron chi connectivity index (χ3n) is 2.50. The summed E-state index contributed by atoms with van der Waals surface area (Å²) < 4.78 is 30.6. The summed E-state index contributed by atoms with van der Waals surface area (Å²) in [5.74, 6) is 0. The zero-order chi connectivity index (χ0) is 14.6. The van der Waals surface area contributed by atoms with Gasteiger partial charge in [-0.1, -0.05) is 17.4 Å². The number of anilines is 1. The fraction of sp³-hybridized carbons (Fsp3) is 0.0769. The monoisotopic (exact) mass is 291 g/mol. The normalized spacial score (nSPS) is 11.7. The molecule has 0 spiro atoms. The Morgan fingerprint density at radius 1 is 1.10 bits per heavy atom. The van der Waals surface area contributed by atoms with Crippen LogP contribution in [0.5, 0.6) is 0 Å². The van der Waals surface area contributed by atoms with Crippen LogP contribution >= 0.6 is 0 Å². The van der Waals surface area contributed by atoms with Crippen LogP contribution in [0.4, 0.5) is 11.4 Å².